The van der Waals surface area contributed by atoms with Gasteiger partial charge in [-0.25, -0.2) is 0 Å². The van der Waals surface area contributed by atoms with E-state index < -0.39 is 11.8 Å². The number of aryl methyl sites for hydroxylation is 3. The second-order valence-electron chi connectivity index (χ2n) is 18.1. The third-order valence-corrected chi connectivity index (χ3v) is 13.1. The number of fused-ring (bicyclic) bond motifs is 4. The molecule has 0 spiro atoms. The summed E-state index contributed by atoms with van der Waals surface area (Å²) in [4.78, 5) is 92.1. The summed E-state index contributed by atoms with van der Waals surface area (Å²) in [6.07, 6.45) is 13.1. The predicted molar refractivity (Wildman–Crippen MR) is 268 cm³/mol. The maximum Gasteiger partial charge on any atom is 0.272 e. The molecule has 9 rings (SSSR count). The average Bonchev–Trinajstić information content (AvgIpc) is 4.21. The summed E-state index contributed by atoms with van der Waals surface area (Å²) in [6, 6.07) is 11.4. The molecule has 72 heavy (non-hydrogen) atoms. The van der Waals surface area contributed by atoms with E-state index in [-0.39, 0.29) is 66.7 Å². The van der Waals surface area contributed by atoms with E-state index in [0.717, 1.165) is 25.7 Å². The molecule has 0 bridgehead atoms. The molecular weight excluding hydrogens is 927 g/mol. The quantitative estimate of drug-likeness (QED) is 0.0764. The molecule has 7 heterocycles. The smallest absolute Gasteiger partial charge is 0.272 e. The number of nitrogens with zero attached hydrogens (tertiary/aromatic N) is 7. The Bertz CT molecular complexity index is 3020. The van der Waals surface area contributed by atoms with Crippen LogP contribution in [0, 0.1) is 0 Å². The Hall–Kier alpha value is -8.36. The maximum atomic E-state index is 13.4. The Morgan fingerprint density at radius 2 is 1.03 bits per heavy atom. The standard InChI is InChI=1S/C51H57N11O10/c1-58-28-31(19-39(58)47(64)52-13-9-17-72-45-24-38-36(22-43(45)70-5)51(68)62-15-7-11-34(62)26-54-38)56-49(66)41-20-32(29-60(41)3)57-48(65)40-18-30(27-59(40)2)55-46(63)12-8-16-71-44-23-37-35(21-42(44)69-4)50(67)61-14-6-10-33(61)25-53-37/h18-29,33-34H,6-17H2,1-5H3,(H,52,64)(H,55,63)(H,56,66)(H,57,65)/t33?,34-/m0/s1. The second kappa shape index (κ2) is 20.9. The molecule has 5 aromatic rings. The number of nitrogens with one attached hydrogen (secondary N) is 4. The Kier molecular flexibility index (Phi) is 14.1. The molecule has 21 heteroatoms. The van der Waals surface area contributed by atoms with Gasteiger partial charge in [0.25, 0.3) is 29.5 Å². The lowest BCUT2D eigenvalue weighted by Gasteiger charge is -2.20. The predicted octanol–water partition coefficient (Wildman–Crippen LogP) is 5.86. The highest BCUT2D eigenvalue weighted by Gasteiger charge is 2.34. The lowest BCUT2D eigenvalue weighted by atomic mass is 10.1. The number of amides is 6. The minimum absolute atomic E-state index is 0.0114. The van der Waals surface area contributed by atoms with E-state index in [1.165, 1.54) is 20.3 Å². The molecular formula is C51H57N11O10. The molecule has 0 aliphatic carbocycles. The summed E-state index contributed by atoms with van der Waals surface area (Å²) in [5.41, 5.74) is 4.00. The number of aliphatic imine (C=N–C) groups is 2. The van der Waals surface area contributed by atoms with Crippen LogP contribution in [0.15, 0.2) is 71.0 Å². The zero-order valence-corrected chi connectivity index (χ0v) is 40.8. The van der Waals surface area contributed by atoms with Crippen molar-refractivity contribution >= 4 is 76.3 Å². The third-order valence-electron chi connectivity index (χ3n) is 13.1. The normalized spacial score (nSPS) is 16.5. The first-order chi connectivity index (χ1) is 34.8. The van der Waals surface area contributed by atoms with Crippen molar-refractivity contribution in [1.82, 2.24) is 28.8 Å². The fourth-order valence-corrected chi connectivity index (χ4v) is 9.39. The summed E-state index contributed by atoms with van der Waals surface area (Å²) in [5.74, 6) is 0.00385. The van der Waals surface area contributed by atoms with Gasteiger partial charge in [0.1, 0.15) is 17.1 Å². The fraction of sp³-hybridized carbons (Fsp3) is 0.373. The van der Waals surface area contributed by atoms with Gasteiger partial charge in [0.15, 0.2) is 23.0 Å². The van der Waals surface area contributed by atoms with Crippen molar-refractivity contribution < 1.29 is 47.7 Å². The molecule has 376 valence electrons. The largest absolute Gasteiger partial charge is 0.493 e. The van der Waals surface area contributed by atoms with Crippen LogP contribution in [0.1, 0.15) is 97.1 Å². The third kappa shape index (κ3) is 10.3. The number of hydrogen-bond donors (Lipinski definition) is 4. The Labute approximate surface area is 415 Å². The molecule has 2 fully saturated rings. The summed E-state index contributed by atoms with van der Waals surface area (Å²) in [7, 11) is 8.07. The molecule has 0 saturated carbocycles. The van der Waals surface area contributed by atoms with Crippen molar-refractivity contribution in [1.29, 1.82) is 0 Å². The highest BCUT2D eigenvalue weighted by atomic mass is 16.5. The average molecular weight is 984 g/mol. The van der Waals surface area contributed by atoms with Gasteiger partial charge in [-0.15, -0.1) is 0 Å². The van der Waals surface area contributed by atoms with E-state index in [0.29, 0.717) is 101 Å². The van der Waals surface area contributed by atoms with Gasteiger partial charge >= 0.3 is 0 Å². The van der Waals surface area contributed by atoms with Crippen LogP contribution in [0.25, 0.3) is 0 Å². The molecule has 0 radical (unpaired) electrons. The second-order valence-corrected chi connectivity index (χ2v) is 18.1. The number of rotatable bonds is 18. The molecule has 2 saturated heterocycles. The van der Waals surface area contributed by atoms with E-state index in [9.17, 15) is 28.8 Å². The zero-order chi connectivity index (χ0) is 50.6. The number of anilines is 3. The van der Waals surface area contributed by atoms with Gasteiger partial charge in [0, 0.05) is 90.4 Å². The minimum Gasteiger partial charge on any atom is -0.493 e. The van der Waals surface area contributed by atoms with Crippen molar-refractivity contribution in [3.05, 3.63) is 89.3 Å². The minimum atomic E-state index is -0.464. The van der Waals surface area contributed by atoms with Gasteiger partial charge in [-0.05, 0) is 68.9 Å². The SMILES string of the molecule is COc1cc2c(cc1OCCCNC(=O)c1cc(NC(=O)c3cc(NC(=O)c4cc(NC(=O)CCCOc5cc6c(cc5OC)C(=O)N5CCCC5C=N6)cn4C)cn3C)cn1C)N=C[C@@H]1CCCN1C2=O. The molecule has 21 nitrogen and oxygen atoms in total. The number of benzene rings is 2. The summed E-state index contributed by atoms with van der Waals surface area (Å²) in [6.45, 7) is 2.15. The van der Waals surface area contributed by atoms with Crippen LogP contribution in [0.5, 0.6) is 23.0 Å². The van der Waals surface area contributed by atoms with E-state index >= 15 is 0 Å². The van der Waals surface area contributed by atoms with Gasteiger partial charge in [-0.1, -0.05) is 0 Å². The molecule has 2 aromatic carbocycles. The molecule has 4 N–H and O–H groups in total. The van der Waals surface area contributed by atoms with Crippen molar-refractivity contribution in [2.75, 3.05) is 63.0 Å². The Morgan fingerprint density at radius 1 is 0.583 bits per heavy atom. The fourth-order valence-electron chi connectivity index (χ4n) is 9.39. The number of ether oxygens (including phenoxy) is 4. The first kappa shape index (κ1) is 48.7. The van der Waals surface area contributed by atoms with E-state index in [1.54, 1.807) is 89.8 Å². The summed E-state index contributed by atoms with van der Waals surface area (Å²) < 4.78 is 27.8. The van der Waals surface area contributed by atoms with Gasteiger partial charge in [-0.2, -0.15) is 0 Å². The van der Waals surface area contributed by atoms with Crippen LogP contribution >= 0.6 is 0 Å². The van der Waals surface area contributed by atoms with E-state index in [1.807, 2.05) is 22.2 Å². The van der Waals surface area contributed by atoms with Crippen LogP contribution in [0.2, 0.25) is 0 Å². The van der Waals surface area contributed by atoms with Gasteiger partial charge < -0.3 is 63.7 Å². The van der Waals surface area contributed by atoms with Crippen LogP contribution in [-0.4, -0.2) is 131 Å². The first-order valence-electron chi connectivity index (χ1n) is 23.9. The van der Waals surface area contributed by atoms with Crippen LogP contribution in [0.4, 0.5) is 28.4 Å². The van der Waals surface area contributed by atoms with Crippen LogP contribution in [0.3, 0.4) is 0 Å². The van der Waals surface area contributed by atoms with Gasteiger partial charge in [0.05, 0.1) is 79.1 Å². The van der Waals surface area contributed by atoms with Crippen LogP contribution < -0.4 is 40.2 Å². The topological polar surface area (TPSA) is 233 Å². The monoisotopic (exact) mass is 983 g/mol. The molecule has 4 aliphatic rings. The maximum absolute atomic E-state index is 13.4. The zero-order valence-electron chi connectivity index (χ0n) is 40.8. The van der Waals surface area contributed by atoms with Gasteiger partial charge in [-0.3, -0.25) is 38.8 Å². The lowest BCUT2D eigenvalue weighted by Crippen LogP contribution is -2.35. The van der Waals surface area contributed by atoms with Crippen molar-refractivity contribution in [3.8, 4) is 23.0 Å². The number of carbonyl (C=O) groups is 6. The number of methoxy groups -OCH3 is 2. The highest BCUT2D eigenvalue weighted by Crippen LogP contribution is 2.40. The first-order valence-corrected chi connectivity index (χ1v) is 23.9. The molecule has 3 aromatic heterocycles. The van der Waals surface area contributed by atoms with E-state index in [4.69, 9.17) is 18.9 Å². The molecule has 2 atom stereocenters. The summed E-state index contributed by atoms with van der Waals surface area (Å²) in [5, 5.41) is 11.4. The van der Waals surface area contributed by atoms with Crippen molar-refractivity contribution in [2.45, 2.75) is 57.0 Å². The van der Waals surface area contributed by atoms with E-state index in [2.05, 4.69) is 31.3 Å². The van der Waals surface area contributed by atoms with Crippen molar-refractivity contribution in [2.24, 2.45) is 31.1 Å². The molecule has 6 amide bonds. The number of hydrogen-bond acceptors (Lipinski definition) is 12. The van der Waals surface area contributed by atoms with Gasteiger partial charge in [0.2, 0.25) is 5.91 Å². The Balaban J connectivity index is 0.717. The highest BCUT2D eigenvalue weighted by molar-refractivity contribution is 6.08. The lowest BCUT2D eigenvalue weighted by molar-refractivity contribution is -0.116. The Morgan fingerprint density at radius 3 is 1.50 bits per heavy atom. The number of carbonyl (C=O) groups excluding carboxylic acids is 6. The molecule has 4 aliphatic heterocycles. The number of aromatic nitrogens is 3. The van der Waals surface area contributed by atoms with Crippen molar-refractivity contribution in [3.63, 3.8) is 0 Å². The van der Waals surface area contributed by atoms with Crippen LogP contribution in [-0.2, 0) is 25.9 Å². The summed E-state index contributed by atoms with van der Waals surface area (Å²) >= 11 is 0. The molecule has 1 unspecified atom stereocenters.